The molecular weight excluding hydrogens is 244 g/mol. The van der Waals surface area contributed by atoms with Crippen LogP contribution in [0.3, 0.4) is 0 Å². The number of hydrogen-bond acceptors (Lipinski definition) is 5. The van der Waals surface area contributed by atoms with Crippen molar-refractivity contribution < 1.29 is 4.79 Å². The standard InChI is InChI=1S/C12H12N6O/c1-17(2)12(19)9-4-6-18(16-9)11-10(14)8(7-13)3-5-15-11/h3-6H,14H2,1-2H3. The third-order valence-corrected chi connectivity index (χ3v) is 2.52. The summed E-state index contributed by atoms with van der Waals surface area (Å²) in [6.45, 7) is 0. The Hall–Kier alpha value is -2.88. The van der Waals surface area contributed by atoms with Gasteiger partial charge in [0.25, 0.3) is 5.91 Å². The molecule has 96 valence electrons. The van der Waals surface area contributed by atoms with Crippen molar-refractivity contribution in [2.24, 2.45) is 0 Å². The fourth-order valence-electron chi connectivity index (χ4n) is 1.53. The summed E-state index contributed by atoms with van der Waals surface area (Å²) in [6, 6.07) is 5.07. The van der Waals surface area contributed by atoms with Crippen LogP contribution in [-0.4, -0.2) is 39.7 Å². The summed E-state index contributed by atoms with van der Waals surface area (Å²) in [6.07, 6.45) is 3.05. The number of carbonyl (C=O) groups is 1. The molecule has 2 aromatic heterocycles. The van der Waals surface area contributed by atoms with Gasteiger partial charge in [-0.2, -0.15) is 10.4 Å². The molecule has 0 unspecified atom stereocenters. The summed E-state index contributed by atoms with van der Waals surface area (Å²) in [7, 11) is 3.29. The van der Waals surface area contributed by atoms with E-state index in [1.165, 1.54) is 21.8 Å². The molecule has 0 saturated carbocycles. The zero-order valence-electron chi connectivity index (χ0n) is 10.5. The number of rotatable bonds is 2. The van der Waals surface area contributed by atoms with E-state index in [0.29, 0.717) is 11.4 Å². The highest BCUT2D eigenvalue weighted by Gasteiger charge is 2.14. The molecule has 0 aliphatic rings. The molecule has 0 fully saturated rings. The van der Waals surface area contributed by atoms with Crippen molar-refractivity contribution in [3.63, 3.8) is 0 Å². The van der Waals surface area contributed by atoms with Gasteiger partial charge < -0.3 is 10.6 Å². The van der Waals surface area contributed by atoms with Gasteiger partial charge in [0.15, 0.2) is 11.5 Å². The molecule has 0 atom stereocenters. The number of pyridine rings is 1. The molecule has 2 aromatic rings. The van der Waals surface area contributed by atoms with Gasteiger partial charge in [-0.05, 0) is 12.1 Å². The van der Waals surface area contributed by atoms with Gasteiger partial charge in [0.2, 0.25) is 0 Å². The van der Waals surface area contributed by atoms with Gasteiger partial charge in [0.1, 0.15) is 6.07 Å². The van der Waals surface area contributed by atoms with Gasteiger partial charge in [-0.15, -0.1) is 0 Å². The lowest BCUT2D eigenvalue weighted by atomic mass is 10.2. The number of nitrogen functional groups attached to an aromatic ring is 1. The van der Waals surface area contributed by atoms with E-state index in [1.807, 2.05) is 6.07 Å². The molecule has 0 aliphatic carbocycles. The zero-order valence-corrected chi connectivity index (χ0v) is 10.5. The van der Waals surface area contributed by atoms with Crippen LogP contribution in [0.1, 0.15) is 16.1 Å². The third-order valence-electron chi connectivity index (χ3n) is 2.52. The summed E-state index contributed by atoms with van der Waals surface area (Å²) in [4.78, 5) is 17.2. The molecule has 19 heavy (non-hydrogen) atoms. The van der Waals surface area contributed by atoms with Gasteiger partial charge in [-0.1, -0.05) is 0 Å². The van der Waals surface area contributed by atoms with Gasteiger partial charge >= 0.3 is 0 Å². The van der Waals surface area contributed by atoms with Crippen molar-refractivity contribution in [2.45, 2.75) is 0 Å². The number of nitrogens with zero attached hydrogens (tertiary/aromatic N) is 5. The maximum Gasteiger partial charge on any atom is 0.273 e. The lowest BCUT2D eigenvalue weighted by molar-refractivity contribution is 0.0821. The molecule has 7 heteroatoms. The Morgan fingerprint density at radius 1 is 1.47 bits per heavy atom. The molecule has 7 nitrogen and oxygen atoms in total. The number of hydrogen-bond donors (Lipinski definition) is 1. The SMILES string of the molecule is CN(C)C(=O)c1ccn(-c2nccc(C#N)c2N)n1. The van der Waals surface area contributed by atoms with Crippen LogP contribution in [0.2, 0.25) is 0 Å². The second-order valence-corrected chi connectivity index (χ2v) is 4.05. The van der Waals surface area contributed by atoms with E-state index in [2.05, 4.69) is 10.1 Å². The molecule has 2 rings (SSSR count). The Labute approximate surface area is 109 Å². The highest BCUT2D eigenvalue weighted by molar-refractivity contribution is 5.91. The highest BCUT2D eigenvalue weighted by Crippen LogP contribution is 2.17. The summed E-state index contributed by atoms with van der Waals surface area (Å²) in [5, 5.41) is 13.0. The minimum absolute atomic E-state index is 0.214. The Morgan fingerprint density at radius 3 is 2.84 bits per heavy atom. The molecule has 0 aromatic carbocycles. The Morgan fingerprint density at radius 2 is 2.21 bits per heavy atom. The highest BCUT2D eigenvalue weighted by atomic mass is 16.2. The fourth-order valence-corrected chi connectivity index (χ4v) is 1.53. The summed E-state index contributed by atoms with van der Waals surface area (Å²) < 4.78 is 1.38. The molecular formula is C12H12N6O. The second-order valence-electron chi connectivity index (χ2n) is 4.05. The normalized spacial score (nSPS) is 9.95. The van der Waals surface area contributed by atoms with Crippen LogP contribution in [0.15, 0.2) is 24.5 Å². The number of aromatic nitrogens is 3. The van der Waals surface area contributed by atoms with E-state index in [0.717, 1.165) is 0 Å². The molecule has 2 N–H and O–H groups in total. The topological polar surface area (TPSA) is 101 Å². The van der Waals surface area contributed by atoms with Gasteiger partial charge in [-0.25, -0.2) is 9.67 Å². The number of nitriles is 1. The molecule has 0 saturated heterocycles. The number of carbonyl (C=O) groups excluding carboxylic acids is 1. The van der Waals surface area contributed by atoms with Crippen molar-refractivity contribution in [3.8, 4) is 11.9 Å². The van der Waals surface area contributed by atoms with E-state index < -0.39 is 0 Å². The fraction of sp³-hybridized carbons (Fsp3) is 0.167. The van der Waals surface area contributed by atoms with Crippen molar-refractivity contribution in [1.82, 2.24) is 19.7 Å². The number of anilines is 1. The van der Waals surface area contributed by atoms with Crippen LogP contribution >= 0.6 is 0 Å². The number of nitrogens with two attached hydrogens (primary N) is 1. The summed E-state index contributed by atoms with van der Waals surface area (Å²) >= 11 is 0. The van der Waals surface area contributed by atoms with Gasteiger partial charge in [0, 0.05) is 26.5 Å². The van der Waals surface area contributed by atoms with Crippen molar-refractivity contribution >= 4 is 11.6 Å². The lowest BCUT2D eigenvalue weighted by Crippen LogP contribution is -2.22. The predicted octanol–water partition coefficient (Wildman–Crippen LogP) is 0.423. The minimum atomic E-state index is -0.214. The first-order valence-electron chi connectivity index (χ1n) is 5.47. The van der Waals surface area contributed by atoms with Crippen LogP contribution in [0.5, 0.6) is 0 Å². The quantitative estimate of drug-likeness (QED) is 0.839. The smallest absolute Gasteiger partial charge is 0.273 e. The van der Waals surface area contributed by atoms with Crippen LogP contribution in [0, 0.1) is 11.3 Å². The van der Waals surface area contributed by atoms with Gasteiger partial charge in [0.05, 0.1) is 11.3 Å². The predicted molar refractivity (Wildman–Crippen MR) is 68.5 cm³/mol. The molecule has 0 spiro atoms. The van der Waals surface area contributed by atoms with Crippen molar-refractivity contribution in [1.29, 1.82) is 5.26 Å². The van der Waals surface area contributed by atoms with E-state index in [1.54, 1.807) is 26.4 Å². The molecule has 0 aliphatic heterocycles. The molecule has 0 radical (unpaired) electrons. The first kappa shape index (κ1) is 12.6. The molecule has 0 bridgehead atoms. The van der Waals surface area contributed by atoms with Gasteiger partial charge in [-0.3, -0.25) is 4.79 Å². The van der Waals surface area contributed by atoms with Crippen molar-refractivity contribution in [2.75, 3.05) is 19.8 Å². The van der Waals surface area contributed by atoms with Crippen molar-refractivity contribution in [3.05, 3.63) is 35.8 Å². The average Bonchev–Trinajstić information content (AvgIpc) is 2.87. The van der Waals surface area contributed by atoms with Crippen LogP contribution < -0.4 is 5.73 Å². The largest absolute Gasteiger partial charge is 0.395 e. The van der Waals surface area contributed by atoms with Crippen LogP contribution in [0.4, 0.5) is 5.69 Å². The molecule has 2 heterocycles. The lowest BCUT2D eigenvalue weighted by Gasteiger charge is -2.07. The zero-order chi connectivity index (χ0) is 14.0. The Kier molecular flexibility index (Phi) is 3.16. The monoisotopic (exact) mass is 256 g/mol. The molecule has 1 amide bonds. The maximum atomic E-state index is 11.7. The Balaban J connectivity index is 2.45. The summed E-state index contributed by atoms with van der Waals surface area (Å²) in [5.41, 5.74) is 6.67. The van der Waals surface area contributed by atoms with Crippen LogP contribution in [-0.2, 0) is 0 Å². The van der Waals surface area contributed by atoms with Crippen LogP contribution in [0.25, 0.3) is 5.82 Å². The van der Waals surface area contributed by atoms with E-state index in [-0.39, 0.29) is 17.3 Å². The van der Waals surface area contributed by atoms with E-state index in [4.69, 9.17) is 11.0 Å². The second kappa shape index (κ2) is 4.78. The third kappa shape index (κ3) is 2.24. The minimum Gasteiger partial charge on any atom is -0.395 e. The van der Waals surface area contributed by atoms with E-state index in [9.17, 15) is 4.79 Å². The maximum absolute atomic E-state index is 11.7. The first-order valence-corrected chi connectivity index (χ1v) is 5.47. The number of amides is 1. The summed E-state index contributed by atoms with van der Waals surface area (Å²) in [5.74, 6) is 0.116. The average molecular weight is 256 g/mol. The van der Waals surface area contributed by atoms with E-state index >= 15 is 0 Å². The Bertz CT molecular complexity index is 667. The first-order chi connectivity index (χ1) is 9.04.